The van der Waals surface area contributed by atoms with Crippen molar-refractivity contribution in [3.63, 3.8) is 0 Å². The Balaban J connectivity index is 1.62. The van der Waals surface area contributed by atoms with E-state index in [1.165, 1.54) is 9.91 Å². The van der Waals surface area contributed by atoms with Crippen LogP contribution in [0.3, 0.4) is 0 Å². The summed E-state index contributed by atoms with van der Waals surface area (Å²) in [7, 11) is 0. The lowest BCUT2D eigenvalue weighted by molar-refractivity contribution is -0.253. The molecule has 2 aliphatic rings. The third kappa shape index (κ3) is 5.71. The lowest BCUT2D eigenvalue weighted by Gasteiger charge is -2.28. The molecule has 11 heteroatoms. The minimum atomic E-state index is -0.427. The van der Waals surface area contributed by atoms with E-state index in [0.29, 0.717) is 33.8 Å². The summed E-state index contributed by atoms with van der Waals surface area (Å²) in [6.45, 7) is 9.57. The summed E-state index contributed by atoms with van der Waals surface area (Å²) in [6, 6.07) is 19.6. The lowest BCUT2D eigenvalue weighted by Crippen LogP contribution is -2.47. The predicted molar refractivity (Wildman–Crippen MR) is 165 cm³/mol. The van der Waals surface area contributed by atoms with Gasteiger partial charge in [-0.25, -0.2) is 14.8 Å². The molecule has 2 N–H and O–H groups in total. The Morgan fingerprint density at radius 2 is 1.40 bits per heavy atom. The molecule has 0 aromatic heterocycles. The molecule has 0 saturated heterocycles. The van der Waals surface area contributed by atoms with E-state index in [9.17, 15) is 9.59 Å². The first-order valence-corrected chi connectivity index (χ1v) is 13.9. The molecule has 11 nitrogen and oxygen atoms in total. The largest absolute Gasteiger partial charge is 0.372 e. The SMILES string of the molecule is CCN(CC)c1ccc(N=C2C(=O)N(c3ccc(COO)cc3)C3=NN(c4ccc(COO)cc4)C(=O)C3=C2C)c(C)c1. The lowest BCUT2D eigenvalue weighted by atomic mass is 9.96. The number of rotatable bonds is 10. The molecule has 0 aliphatic carbocycles. The highest BCUT2D eigenvalue weighted by atomic mass is 17.1. The monoisotopic (exact) mass is 583 g/mol. The van der Waals surface area contributed by atoms with Crippen molar-refractivity contribution in [3.05, 3.63) is 94.6 Å². The maximum absolute atomic E-state index is 14.2. The Kier molecular flexibility index (Phi) is 8.78. The summed E-state index contributed by atoms with van der Waals surface area (Å²) in [4.78, 5) is 44.9. The number of hydrogen-bond donors (Lipinski definition) is 2. The summed E-state index contributed by atoms with van der Waals surface area (Å²) in [6.07, 6.45) is 0. The van der Waals surface area contributed by atoms with Crippen LogP contribution in [-0.2, 0) is 32.6 Å². The number of amidine groups is 1. The molecule has 0 atom stereocenters. The first-order chi connectivity index (χ1) is 20.8. The van der Waals surface area contributed by atoms with E-state index >= 15 is 0 Å². The number of amides is 2. The smallest absolute Gasteiger partial charge is 0.283 e. The van der Waals surface area contributed by atoms with Crippen LogP contribution in [0.15, 0.2) is 88.0 Å². The summed E-state index contributed by atoms with van der Waals surface area (Å²) >= 11 is 0. The molecule has 43 heavy (non-hydrogen) atoms. The Morgan fingerprint density at radius 3 is 1.93 bits per heavy atom. The molecular formula is C32H33N5O6. The second kappa shape index (κ2) is 12.7. The maximum Gasteiger partial charge on any atom is 0.283 e. The molecule has 3 aromatic carbocycles. The normalized spacial score (nSPS) is 15.9. The Labute approximate surface area is 249 Å². The molecule has 0 unspecified atom stereocenters. The fourth-order valence-electron chi connectivity index (χ4n) is 5.20. The number of carbonyl (C=O) groups excluding carboxylic acids is 2. The third-order valence-corrected chi connectivity index (χ3v) is 7.55. The summed E-state index contributed by atoms with van der Waals surface area (Å²) in [5, 5.41) is 23.5. The van der Waals surface area contributed by atoms with Crippen molar-refractivity contribution < 1.29 is 29.9 Å². The van der Waals surface area contributed by atoms with Crippen molar-refractivity contribution in [1.82, 2.24) is 0 Å². The van der Waals surface area contributed by atoms with Crippen molar-refractivity contribution in [2.75, 3.05) is 27.9 Å². The number of anilines is 3. The van der Waals surface area contributed by atoms with E-state index in [1.54, 1.807) is 55.5 Å². The van der Waals surface area contributed by atoms with Gasteiger partial charge in [-0.15, -0.1) is 5.10 Å². The Bertz CT molecular complexity index is 1620. The minimum Gasteiger partial charge on any atom is -0.372 e. The van der Waals surface area contributed by atoms with E-state index in [4.69, 9.17) is 15.5 Å². The second-order valence-corrected chi connectivity index (χ2v) is 10.2. The van der Waals surface area contributed by atoms with Gasteiger partial charge in [-0.3, -0.25) is 25.0 Å². The van der Waals surface area contributed by atoms with Crippen molar-refractivity contribution in [3.8, 4) is 0 Å². The molecular weight excluding hydrogens is 550 g/mol. The molecule has 2 heterocycles. The second-order valence-electron chi connectivity index (χ2n) is 10.2. The fourth-order valence-corrected chi connectivity index (χ4v) is 5.20. The van der Waals surface area contributed by atoms with Gasteiger partial charge in [-0.05, 0) is 92.4 Å². The quantitative estimate of drug-likeness (QED) is 0.234. The van der Waals surface area contributed by atoms with Gasteiger partial charge < -0.3 is 4.90 Å². The molecule has 2 amide bonds. The highest BCUT2D eigenvalue weighted by molar-refractivity contribution is 6.61. The van der Waals surface area contributed by atoms with Gasteiger partial charge in [0.1, 0.15) is 18.9 Å². The molecule has 0 radical (unpaired) electrons. The van der Waals surface area contributed by atoms with Crippen LogP contribution in [0.4, 0.5) is 22.7 Å². The molecule has 222 valence electrons. The van der Waals surface area contributed by atoms with E-state index < -0.39 is 11.8 Å². The van der Waals surface area contributed by atoms with Gasteiger partial charge >= 0.3 is 0 Å². The molecule has 0 fully saturated rings. The predicted octanol–water partition coefficient (Wildman–Crippen LogP) is 5.62. The van der Waals surface area contributed by atoms with E-state index in [1.807, 2.05) is 25.1 Å². The summed E-state index contributed by atoms with van der Waals surface area (Å²) in [5.41, 5.74) is 5.78. The number of hydrogen-bond acceptors (Lipinski definition) is 9. The first kappa shape index (κ1) is 29.8. The fraction of sp³-hybridized carbons (Fsp3) is 0.250. The van der Waals surface area contributed by atoms with Crippen molar-refractivity contribution >= 4 is 46.1 Å². The van der Waals surface area contributed by atoms with E-state index in [2.05, 4.69) is 33.6 Å². The van der Waals surface area contributed by atoms with Gasteiger partial charge in [-0.1, -0.05) is 24.3 Å². The highest BCUT2D eigenvalue weighted by Gasteiger charge is 2.45. The van der Waals surface area contributed by atoms with Gasteiger partial charge in [0.2, 0.25) is 0 Å². The number of benzene rings is 3. The van der Waals surface area contributed by atoms with E-state index in [0.717, 1.165) is 24.3 Å². The number of aryl methyl sites for hydroxylation is 1. The van der Waals surface area contributed by atoms with Crippen LogP contribution in [0.1, 0.15) is 37.5 Å². The van der Waals surface area contributed by atoms with Crippen molar-refractivity contribution in [2.45, 2.75) is 40.9 Å². The third-order valence-electron chi connectivity index (χ3n) is 7.55. The molecule has 0 spiro atoms. The number of fused-ring (bicyclic) bond motifs is 1. The summed E-state index contributed by atoms with van der Waals surface area (Å²) < 4.78 is 0. The molecule has 0 saturated carbocycles. The van der Waals surface area contributed by atoms with Crippen molar-refractivity contribution in [2.24, 2.45) is 10.1 Å². The average Bonchev–Trinajstić information content (AvgIpc) is 3.35. The molecule has 3 aromatic rings. The zero-order chi connectivity index (χ0) is 30.7. The summed E-state index contributed by atoms with van der Waals surface area (Å²) in [5.74, 6) is -0.639. The van der Waals surface area contributed by atoms with Gasteiger partial charge in [0, 0.05) is 18.8 Å². The van der Waals surface area contributed by atoms with Gasteiger partial charge in [0.15, 0.2) is 5.84 Å². The van der Waals surface area contributed by atoms with Gasteiger partial charge in [-0.2, -0.15) is 5.01 Å². The number of aliphatic imine (C=N–C) groups is 1. The van der Waals surface area contributed by atoms with Gasteiger partial charge in [0.25, 0.3) is 11.8 Å². The number of carbonyl (C=O) groups is 2. The van der Waals surface area contributed by atoms with E-state index in [-0.39, 0.29) is 30.3 Å². The first-order valence-electron chi connectivity index (χ1n) is 13.9. The van der Waals surface area contributed by atoms with Crippen LogP contribution < -0.4 is 14.8 Å². The Morgan fingerprint density at radius 1 is 0.814 bits per heavy atom. The Hall–Kier alpha value is -4.68. The van der Waals surface area contributed by atoms with Crippen LogP contribution >= 0.6 is 0 Å². The highest BCUT2D eigenvalue weighted by Crippen LogP contribution is 2.35. The average molecular weight is 584 g/mol. The topological polar surface area (TPSA) is 128 Å². The standard InChI is InChI=1S/C32H33N5O6/c1-5-35(6-2)26-15-16-27(20(3)17-26)33-29-21(4)28-30(36(32(29)39)24-11-7-22(8-12-24)18-42-40)34-37(31(28)38)25-13-9-23(10-14-25)19-43-41/h7-17,40-41H,5-6,18-19H2,1-4H3. The van der Waals surface area contributed by atoms with Crippen LogP contribution in [0.5, 0.6) is 0 Å². The molecule has 5 rings (SSSR count). The van der Waals surface area contributed by atoms with Crippen LogP contribution in [-0.4, -0.2) is 47.0 Å². The molecule has 0 bridgehead atoms. The molecule has 2 aliphatic heterocycles. The zero-order valence-corrected chi connectivity index (χ0v) is 24.4. The van der Waals surface area contributed by atoms with Crippen LogP contribution in [0.2, 0.25) is 0 Å². The zero-order valence-electron chi connectivity index (χ0n) is 24.4. The van der Waals surface area contributed by atoms with Crippen LogP contribution in [0.25, 0.3) is 0 Å². The number of nitrogens with zero attached hydrogens (tertiary/aromatic N) is 5. The van der Waals surface area contributed by atoms with Crippen LogP contribution in [0, 0.1) is 6.92 Å². The maximum atomic E-state index is 14.2. The van der Waals surface area contributed by atoms with Crippen molar-refractivity contribution in [1.29, 1.82) is 0 Å². The minimum absolute atomic E-state index is 0.00173. The number of hydrazone groups is 1. The van der Waals surface area contributed by atoms with Gasteiger partial charge in [0.05, 0.1) is 22.6 Å².